The van der Waals surface area contributed by atoms with Crippen molar-refractivity contribution in [1.82, 2.24) is 31.2 Å². The molecule has 2 atom stereocenters. The summed E-state index contributed by atoms with van der Waals surface area (Å²) in [6.07, 6.45) is 2.88. The smallest absolute Gasteiger partial charge is 0.408 e. The van der Waals surface area contributed by atoms with Crippen LogP contribution >= 0.6 is 0 Å². The summed E-state index contributed by atoms with van der Waals surface area (Å²) < 4.78 is 5.33. The predicted octanol–water partition coefficient (Wildman–Crippen LogP) is 4.19. The molecule has 44 heavy (non-hydrogen) atoms. The number of hydrogen-bond acceptors (Lipinski definition) is 5. The molecule has 2 heterocycles. The Morgan fingerprint density at radius 1 is 0.773 bits per heavy atom. The van der Waals surface area contributed by atoms with E-state index in [9.17, 15) is 19.2 Å². The minimum absolute atomic E-state index is 0.158. The average Bonchev–Trinajstić information content (AvgIpc) is 3.55. The molecule has 4 rings (SSSR count). The Bertz CT molecular complexity index is 1650. The molecular weight excluding hydrogens is 560 g/mol. The van der Waals surface area contributed by atoms with Crippen molar-refractivity contribution in [3.05, 3.63) is 72.1 Å². The summed E-state index contributed by atoms with van der Waals surface area (Å²) in [5.41, 5.74) is 1.43. The van der Waals surface area contributed by atoms with E-state index in [1.54, 1.807) is 27.7 Å². The number of benzene rings is 2. The van der Waals surface area contributed by atoms with Crippen molar-refractivity contribution >= 4 is 45.6 Å². The van der Waals surface area contributed by atoms with Gasteiger partial charge in [-0.1, -0.05) is 43.3 Å². The van der Waals surface area contributed by atoms with Crippen molar-refractivity contribution in [3.63, 3.8) is 0 Å². The lowest BCUT2D eigenvalue weighted by Crippen LogP contribution is -2.61. The van der Waals surface area contributed by atoms with Gasteiger partial charge in [-0.25, -0.2) is 4.79 Å². The van der Waals surface area contributed by atoms with Gasteiger partial charge in [-0.2, -0.15) is 0 Å². The zero-order chi connectivity index (χ0) is 32.1. The van der Waals surface area contributed by atoms with Crippen molar-refractivity contribution in [1.29, 1.82) is 0 Å². The predicted molar refractivity (Wildman–Crippen MR) is 170 cm³/mol. The third kappa shape index (κ3) is 8.18. The van der Waals surface area contributed by atoms with E-state index < -0.39 is 41.3 Å². The highest BCUT2D eigenvalue weighted by atomic mass is 16.6. The molecule has 0 aliphatic rings. The van der Waals surface area contributed by atoms with Gasteiger partial charge in [0.15, 0.2) is 0 Å². The van der Waals surface area contributed by atoms with Gasteiger partial charge in [0, 0.05) is 53.5 Å². The largest absolute Gasteiger partial charge is 0.444 e. The van der Waals surface area contributed by atoms with Gasteiger partial charge in [-0.3, -0.25) is 14.4 Å². The van der Waals surface area contributed by atoms with Crippen LogP contribution in [0.1, 0.15) is 59.1 Å². The number of carbonyl (C=O) groups excluding carboxylic acids is 4. The SMILES string of the molecule is CCC(=O)N[C@@H](Cc1c[nH]c2ccccc12)NC(=O)[C@@H](Cc1c[nH]c2ccccc12)NC(=O)C(C)(C)NC(=O)OC(C)(C)C. The van der Waals surface area contributed by atoms with E-state index in [4.69, 9.17) is 4.74 Å². The fraction of sp³-hybridized carbons (Fsp3) is 0.394. The number of H-pyrrole nitrogens is 2. The van der Waals surface area contributed by atoms with Gasteiger partial charge in [0.1, 0.15) is 23.3 Å². The Balaban J connectivity index is 1.59. The van der Waals surface area contributed by atoms with Gasteiger partial charge in [-0.05, 0) is 57.9 Å². The second kappa shape index (κ2) is 13.2. The number of alkyl carbamates (subject to hydrolysis) is 1. The lowest BCUT2D eigenvalue weighted by atomic mass is 10.0. The number of aromatic amines is 2. The number of rotatable bonds is 11. The number of hydrogen-bond donors (Lipinski definition) is 6. The van der Waals surface area contributed by atoms with Gasteiger partial charge in [0.2, 0.25) is 17.7 Å². The molecule has 2 aromatic carbocycles. The highest BCUT2D eigenvalue weighted by molar-refractivity contribution is 5.94. The zero-order valence-electron chi connectivity index (χ0n) is 26.1. The second-order valence-electron chi connectivity index (χ2n) is 12.4. The number of amides is 4. The Kier molecular flexibility index (Phi) is 9.66. The van der Waals surface area contributed by atoms with Crippen LogP contribution in [0.15, 0.2) is 60.9 Å². The minimum atomic E-state index is -1.40. The van der Waals surface area contributed by atoms with Crippen molar-refractivity contribution in [2.75, 3.05) is 0 Å². The van der Waals surface area contributed by atoms with Crippen molar-refractivity contribution in [2.45, 2.75) is 84.2 Å². The quantitative estimate of drug-likeness (QED) is 0.142. The third-order valence-electron chi connectivity index (χ3n) is 7.17. The molecule has 0 saturated heterocycles. The Labute approximate surface area is 256 Å². The molecule has 4 aromatic rings. The van der Waals surface area contributed by atoms with Crippen molar-refractivity contribution < 1.29 is 23.9 Å². The van der Waals surface area contributed by atoms with Crippen LogP contribution in [-0.2, 0) is 32.0 Å². The van der Waals surface area contributed by atoms with Crippen LogP contribution in [-0.4, -0.2) is 57.1 Å². The molecule has 0 fully saturated rings. The number of fused-ring (bicyclic) bond motifs is 2. The van der Waals surface area contributed by atoms with Crippen LogP contribution in [0.25, 0.3) is 21.8 Å². The normalized spacial score (nSPS) is 13.2. The lowest BCUT2D eigenvalue weighted by molar-refractivity contribution is -0.132. The molecule has 0 aliphatic heterocycles. The number of carbonyl (C=O) groups is 4. The summed E-state index contributed by atoms with van der Waals surface area (Å²) in [5, 5.41) is 13.2. The van der Waals surface area contributed by atoms with Gasteiger partial charge >= 0.3 is 6.09 Å². The van der Waals surface area contributed by atoms with Gasteiger partial charge in [0.05, 0.1) is 0 Å². The standard InChI is InChI=1S/C33H42N6O5/c1-7-28(40)37-27(17-21-19-35-25-15-11-9-13-23(21)25)38-29(41)26(16-20-18-34-24-14-10-8-12-22(20)24)36-30(42)33(5,6)39-31(43)44-32(2,3)4/h8-15,18-19,26-27,34-35H,7,16-17H2,1-6H3,(H,36,42)(H,37,40)(H,38,41)(H,39,43)/t26-,27-/m1/s1. The number of ether oxygens (including phenoxy) is 1. The first kappa shape index (κ1) is 32.1. The van der Waals surface area contributed by atoms with E-state index >= 15 is 0 Å². The van der Waals surface area contributed by atoms with E-state index in [1.165, 1.54) is 13.8 Å². The molecule has 234 valence electrons. The average molecular weight is 603 g/mol. The Morgan fingerprint density at radius 2 is 1.32 bits per heavy atom. The maximum Gasteiger partial charge on any atom is 0.408 e. The van der Waals surface area contributed by atoms with E-state index in [0.717, 1.165) is 32.9 Å². The Morgan fingerprint density at radius 3 is 1.86 bits per heavy atom. The van der Waals surface area contributed by atoms with Gasteiger partial charge in [0.25, 0.3) is 0 Å². The molecule has 11 nitrogen and oxygen atoms in total. The topological polar surface area (TPSA) is 157 Å². The van der Waals surface area contributed by atoms with Crippen LogP contribution < -0.4 is 21.3 Å². The summed E-state index contributed by atoms with van der Waals surface area (Å²) in [6, 6.07) is 14.4. The van der Waals surface area contributed by atoms with Crippen LogP contribution in [0.3, 0.4) is 0 Å². The summed E-state index contributed by atoms with van der Waals surface area (Å²) in [5.74, 6) is -1.29. The molecular formula is C33H42N6O5. The molecule has 0 bridgehead atoms. The fourth-order valence-electron chi connectivity index (χ4n) is 4.91. The molecule has 0 spiro atoms. The number of aromatic nitrogens is 2. The molecule has 0 saturated carbocycles. The first-order valence-corrected chi connectivity index (χ1v) is 14.8. The minimum Gasteiger partial charge on any atom is -0.444 e. The van der Waals surface area contributed by atoms with Crippen LogP contribution in [0.4, 0.5) is 4.79 Å². The van der Waals surface area contributed by atoms with Crippen molar-refractivity contribution in [3.8, 4) is 0 Å². The van der Waals surface area contributed by atoms with Crippen molar-refractivity contribution in [2.24, 2.45) is 0 Å². The highest BCUT2D eigenvalue weighted by Crippen LogP contribution is 2.21. The summed E-state index contributed by atoms with van der Waals surface area (Å²) in [4.78, 5) is 58.9. The lowest BCUT2D eigenvalue weighted by Gasteiger charge is -2.30. The molecule has 4 amide bonds. The van der Waals surface area contributed by atoms with E-state index in [0.29, 0.717) is 6.42 Å². The van der Waals surface area contributed by atoms with Crippen LogP contribution in [0.5, 0.6) is 0 Å². The molecule has 0 aliphatic carbocycles. The van der Waals surface area contributed by atoms with Gasteiger partial charge < -0.3 is 36.0 Å². The van der Waals surface area contributed by atoms with E-state index in [2.05, 4.69) is 31.2 Å². The summed E-state index contributed by atoms with van der Waals surface area (Å²) in [7, 11) is 0. The van der Waals surface area contributed by atoms with E-state index in [-0.39, 0.29) is 18.7 Å². The molecule has 6 N–H and O–H groups in total. The summed E-state index contributed by atoms with van der Waals surface area (Å²) in [6.45, 7) is 9.99. The first-order chi connectivity index (χ1) is 20.8. The second-order valence-corrected chi connectivity index (χ2v) is 12.4. The molecule has 0 unspecified atom stereocenters. The molecule has 2 aromatic heterocycles. The molecule has 0 radical (unpaired) electrons. The van der Waals surface area contributed by atoms with E-state index in [1.807, 2.05) is 60.9 Å². The molecule has 11 heteroatoms. The van der Waals surface area contributed by atoms with Gasteiger partial charge in [-0.15, -0.1) is 0 Å². The maximum atomic E-state index is 13.9. The van der Waals surface area contributed by atoms with Crippen LogP contribution in [0.2, 0.25) is 0 Å². The number of para-hydroxylation sites is 2. The monoisotopic (exact) mass is 602 g/mol. The highest BCUT2D eigenvalue weighted by Gasteiger charge is 2.35. The Hall–Kier alpha value is -4.80. The third-order valence-corrected chi connectivity index (χ3v) is 7.17. The zero-order valence-corrected chi connectivity index (χ0v) is 26.1. The van der Waals surface area contributed by atoms with Crippen LogP contribution in [0, 0.1) is 0 Å². The first-order valence-electron chi connectivity index (χ1n) is 14.8. The fourth-order valence-corrected chi connectivity index (χ4v) is 4.91. The maximum absolute atomic E-state index is 13.9. The number of nitrogens with one attached hydrogen (secondary N) is 6. The summed E-state index contributed by atoms with van der Waals surface area (Å²) >= 11 is 0.